The van der Waals surface area contributed by atoms with E-state index >= 15 is 0 Å². The molecule has 2 atom stereocenters. The van der Waals surface area contributed by atoms with Crippen molar-refractivity contribution in [2.24, 2.45) is 12.8 Å². The average molecular weight is 286 g/mol. The molecule has 0 saturated heterocycles. The van der Waals surface area contributed by atoms with Gasteiger partial charge in [-0.1, -0.05) is 0 Å². The van der Waals surface area contributed by atoms with E-state index in [0.717, 1.165) is 5.56 Å². The van der Waals surface area contributed by atoms with Crippen molar-refractivity contribution < 1.29 is 9.47 Å². The molecule has 1 aromatic heterocycles. The summed E-state index contributed by atoms with van der Waals surface area (Å²) in [6, 6.07) is 6.87. The lowest BCUT2D eigenvalue weighted by molar-refractivity contribution is 0.173. The van der Waals surface area contributed by atoms with Gasteiger partial charge in [-0.05, 0) is 19.1 Å². The second-order valence-electron chi connectivity index (χ2n) is 4.82. The predicted molar refractivity (Wildman–Crippen MR) is 77.9 cm³/mol. The molecular weight excluding hydrogens is 268 g/mol. The third-order valence-corrected chi connectivity index (χ3v) is 3.08. The van der Waals surface area contributed by atoms with Crippen LogP contribution in [0.2, 0.25) is 0 Å². The minimum Gasteiger partial charge on any atom is -0.493 e. The highest BCUT2D eigenvalue weighted by molar-refractivity contribution is 5.47. The van der Waals surface area contributed by atoms with Gasteiger partial charge in [0.25, 0.3) is 0 Å². The summed E-state index contributed by atoms with van der Waals surface area (Å²) in [5.74, 6) is 1.05. The quantitative estimate of drug-likeness (QED) is 0.905. The van der Waals surface area contributed by atoms with Crippen molar-refractivity contribution in [3.8, 4) is 17.6 Å². The molecule has 2 N–H and O–H groups in total. The number of rotatable bonds is 5. The zero-order valence-corrected chi connectivity index (χ0v) is 12.3. The fourth-order valence-corrected chi connectivity index (χ4v) is 2.04. The Morgan fingerprint density at radius 2 is 2.14 bits per heavy atom. The van der Waals surface area contributed by atoms with Crippen LogP contribution in [0, 0.1) is 11.3 Å². The van der Waals surface area contributed by atoms with E-state index in [1.165, 1.54) is 7.11 Å². The molecular formula is C15H18N4O2. The number of aryl methyl sites for hydroxylation is 1. The standard InChI is InChI=1S/C15H18N4O2/c1-10(17)15(12-8-18-19(2)9-12)21-13-5-4-11(7-16)6-14(13)20-3/h4-6,8-10,15H,17H2,1-3H3. The molecule has 6 nitrogen and oxygen atoms in total. The number of benzene rings is 1. The number of nitriles is 1. The van der Waals surface area contributed by atoms with Crippen molar-refractivity contribution in [3.05, 3.63) is 41.7 Å². The molecule has 21 heavy (non-hydrogen) atoms. The van der Waals surface area contributed by atoms with Crippen molar-refractivity contribution in [2.45, 2.75) is 19.1 Å². The maximum atomic E-state index is 8.92. The van der Waals surface area contributed by atoms with Crippen molar-refractivity contribution in [1.82, 2.24) is 9.78 Å². The van der Waals surface area contributed by atoms with E-state index in [1.54, 1.807) is 29.1 Å². The summed E-state index contributed by atoms with van der Waals surface area (Å²) >= 11 is 0. The Morgan fingerprint density at radius 1 is 1.38 bits per heavy atom. The maximum Gasteiger partial charge on any atom is 0.162 e. The van der Waals surface area contributed by atoms with Gasteiger partial charge in [0.15, 0.2) is 11.5 Å². The van der Waals surface area contributed by atoms with E-state index in [-0.39, 0.29) is 12.1 Å². The topological polar surface area (TPSA) is 86.1 Å². The van der Waals surface area contributed by atoms with Crippen molar-refractivity contribution in [3.63, 3.8) is 0 Å². The highest BCUT2D eigenvalue weighted by Crippen LogP contribution is 2.32. The number of hydrogen-bond donors (Lipinski definition) is 1. The third kappa shape index (κ3) is 3.33. The van der Waals surface area contributed by atoms with Gasteiger partial charge in [0.05, 0.1) is 24.9 Å². The molecule has 0 spiro atoms. The van der Waals surface area contributed by atoms with Crippen LogP contribution in [0.4, 0.5) is 0 Å². The van der Waals surface area contributed by atoms with Gasteiger partial charge < -0.3 is 15.2 Å². The van der Waals surface area contributed by atoms with Crippen LogP contribution in [0.5, 0.6) is 11.5 Å². The summed E-state index contributed by atoms with van der Waals surface area (Å²) in [4.78, 5) is 0. The van der Waals surface area contributed by atoms with Gasteiger partial charge in [0.2, 0.25) is 0 Å². The molecule has 0 bridgehead atoms. The zero-order valence-electron chi connectivity index (χ0n) is 12.3. The van der Waals surface area contributed by atoms with Gasteiger partial charge in [-0.25, -0.2) is 0 Å². The molecule has 0 fully saturated rings. The minimum absolute atomic E-state index is 0.227. The predicted octanol–water partition coefficient (Wildman–Crippen LogP) is 1.77. The molecule has 110 valence electrons. The van der Waals surface area contributed by atoms with Crippen molar-refractivity contribution >= 4 is 0 Å². The smallest absolute Gasteiger partial charge is 0.162 e. The Hall–Kier alpha value is -2.52. The first-order valence-corrected chi connectivity index (χ1v) is 6.54. The normalized spacial score (nSPS) is 13.3. The van der Waals surface area contributed by atoms with Crippen LogP contribution < -0.4 is 15.2 Å². The summed E-state index contributed by atoms with van der Waals surface area (Å²) in [7, 11) is 3.37. The molecule has 2 rings (SSSR count). The average Bonchev–Trinajstić information content (AvgIpc) is 2.90. The largest absolute Gasteiger partial charge is 0.493 e. The molecule has 0 amide bonds. The minimum atomic E-state index is -0.347. The number of methoxy groups -OCH3 is 1. The van der Waals surface area contributed by atoms with Crippen LogP contribution >= 0.6 is 0 Å². The summed E-state index contributed by atoms with van der Waals surface area (Å²) in [6.45, 7) is 1.87. The number of nitrogens with two attached hydrogens (primary N) is 1. The van der Waals surface area contributed by atoms with Gasteiger partial charge in [-0.2, -0.15) is 10.4 Å². The second kappa shape index (κ2) is 6.29. The van der Waals surface area contributed by atoms with E-state index in [4.69, 9.17) is 20.5 Å². The molecule has 2 aromatic rings. The van der Waals surface area contributed by atoms with Gasteiger partial charge in [0.1, 0.15) is 6.10 Å². The lowest BCUT2D eigenvalue weighted by atomic mass is 10.1. The molecule has 1 aromatic carbocycles. The van der Waals surface area contributed by atoms with E-state index in [9.17, 15) is 0 Å². The zero-order chi connectivity index (χ0) is 15.4. The Balaban J connectivity index is 2.31. The third-order valence-electron chi connectivity index (χ3n) is 3.08. The molecule has 0 aliphatic carbocycles. The second-order valence-corrected chi connectivity index (χ2v) is 4.82. The summed E-state index contributed by atoms with van der Waals surface area (Å²) in [5.41, 5.74) is 7.42. The van der Waals surface area contributed by atoms with Crippen molar-refractivity contribution in [2.75, 3.05) is 7.11 Å². The van der Waals surface area contributed by atoms with Crippen LogP contribution in [0.1, 0.15) is 24.2 Å². The summed E-state index contributed by atoms with van der Waals surface area (Å²) in [6.07, 6.45) is 3.24. The van der Waals surface area contributed by atoms with Crippen molar-refractivity contribution in [1.29, 1.82) is 5.26 Å². The van der Waals surface area contributed by atoms with Gasteiger partial charge >= 0.3 is 0 Å². The van der Waals surface area contributed by atoms with Crippen LogP contribution in [0.25, 0.3) is 0 Å². The fourth-order valence-electron chi connectivity index (χ4n) is 2.04. The lowest BCUT2D eigenvalue weighted by Crippen LogP contribution is -2.28. The first-order chi connectivity index (χ1) is 10.0. The van der Waals surface area contributed by atoms with E-state index in [0.29, 0.717) is 17.1 Å². The highest BCUT2D eigenvalue weighted by Gasteiger charge is 2.21. The van der Waals surface area contributed by atoms with Crippen LogP contribution in [0.3, 0.4) is 0 Å². The SMILES string of the molecule is COc1cc(C#N)ccc1OC(c1cnn(C)c1)C(C)N. The molecule has 0 saturated carbocycles. The summed E-state index contributed by atoms with van der Waals surface area (Å²) < 4.78 is 13.0. The number of nitrogens with zero attached hydrogens (tertiary/aromatic N) is 3. The molecule has 0 aliphatic heterocycles. The van der Waals surface area contributed by atoms with E-state index in [2.05, 4.69) is 11.2 Å². The molecule has 1 heterocycles. The molecule has 0 aliphatic rings. The molecule has 2 unspecified atom stereocenters. The van der Waals surface area contributed by atoms with Gasteiger partial charge in [-0.15, -0.1) is 0 Å². The highest BCUT2D eigenvalue weighted by atomic mass is 16.5. The lowest BCUT2D eigenvalue weighted by Gasteiger charge is -2.22. The number of aromatic nitrogens is 2. The first-order valence-electron chi connectivity index (χ1n) is 6.54. The number of hydrogen-bond acceptors (Lipinski definition) is 5. The Morgan fingerprint density at radius 3 is 2.67 bits per heavy atom. The molecule has 0 radical (unpaired) electrons. The van der Waals surface area contributed by atoms with Gasteiger partial charge in [-0.3, -0.25) is 4.68 Å². The fraction of sp³-hybridized carbons (Fsp3) is 0.333. The monoisotopic (exact) mass is 286 g/mol. The number of ether oxygens (including phenoxy) is 2. The van der Waals surface area contributed by atoms with Crippen LogP contribution in [0.15, 0.2) is 30.6 Å². The Bertz CT molecular complexity index is 658. The Labute approximate surface area is 123 Å². The van der Waals surface area contributed by atoms with E-state index < -0.39 is 0 Å². The van der Waals surface area contributed by atoms with Crippen LogP contribution in [-0.4, -0.2) is 22.9 Å². The maximum absolute atomic E-state index is 8.92. The van der Waals surface area contributed by atoms with Gasteiger partial charge in [0, 0.05) is 30.9 Å². The first kappa shape index (κ1) is 14.9. The van der Waals surface area contributed by atoms with Crippen LogP contribution in [-0.2, 0) is 7.05 Å². The molecule has 6 heteroatoms. The van der Waals surface area contributed by atoms with E-state index in [1.807, 2.05) is 20.2 Å². The summed E-state index contributed by atoms with van der Waals surface area (Å²) in [5, 5.41) is 13.1. The Kier molecular flexibility index (Phi) is 4.45.